The number of hydrogen-bond donors (Lipinski definition) is 0. The topological polar surface area (TPSA) is 37.4 Å². The van der Waals surface area contributed by atoms with Gasteiger partial charge in [0.15, 0.2) is 0 Å². The predicted molar refractivity (Wildman–Crippen MR) is 73.0 cm³/mol. The summed E-state index contributed by atoms with van der Waals surface area (Å²) < 4.78 is 27.3. The Balaban J connectivity index is 1.96. The van der Waals surface area contributed by atoms with Crippen LogP contribution in [0.4, 0.5) is 0 Å². The number of hydrogen-bond acceptors (Lipinski definition) is 3. The van der Waals surface area contributed by atoms with E-state index in [1.165, 1.54) is 11.3 Å². The molecule has 0 amide bonds. The molecule has 1 aliphatic heterocycles. The van der Waals surface area contributed by atoms with Crippen molar-refractivity contribution in [1.82, 2.24) is 4.31 Å². The van der Waals surface area contributed by atoms with Crippen LogP contribution in [0, 0.1) is 5.92 Å². The maximum Gasteiger partial charge on any atom is 0.253 e. The second-order valence-corrected chi connectivity index (χ2v) is 7.68. The monoisotopic (exact) mass is 281 g/mol. The van der Waals surface area contributed by atoms with Crippen molar-refractivity contribution < 1.29 is 8.42 Å². The number of sulfonamides is 1. The van der Waals surface area contributed by atoms with Crippen LogP contribution < -0.4 is 0 Å². The number of piperidine rings is 1. The minimum atomic E-state index is -3.32. The third-order valence-corrected chi connectivity index (χ3v) is 6.79. The summed E-state index contributed by atoms with van der Waals surface area (Å²) in [5.41, 5.74) is 0. The van der Waals surface area contributed by atoms with Crippen molar-refractivity contribution in [2.75, 3.05) is 6.54 Å². The van der Waals surface area contributed by atoms with Gasteiger partial charge < -0.3 is 0 Å². The maximum atomic E-state index is 12.6. The average Bonchev–Trinajstić information content (AvgIpc) is 2.92. The summed E-state index contributed by atoms with van der Waals surface area (Å²) in [4.78, 5) is 0. The molecular weight excluding hydrogens is 266 g/mol. The summed E-state index contributed by atoms with van der Waals surface area (Å²) in [7, 11) is -3.32. The van der Waals surface area contributed by atoms with Gasteiger partial charge in [-0.25, -0.2) is 8.42 Å². The zero-order chi connectivity index (χ0) is 12.6. The Morgan fingerprint density at radius 1 is 1.28 bits per heavy atom. The van der Waals surface area contributed by atoms with Crippen molar-refractivity contribution >= 4 is 21.4 Å². The Morgan fingerprint density at radius 2 is 2.11 bits per heavy atom. The summed E-state index contributed by atoms with van der Waals surface area (Å²) >= 11 is 1.29. The van der Waals surface area contributed by atoms with E-state index in [1.807, 2.05) is 23.6 Å². The molecule has 0 aromatic carbocycles. The number of rotatable bonds is 2. The number of fused-ring (bicyclic) bond motifs is 1. The average molecular weight is 281 g/mol. The third-order valence-electron chi connectivity index (χ3n) is 3.52. The highest BCUT2D eigenvalue weighted by molar-refractivity contribution is 7.91. The van der Waals surface area contributed by atoms with Gasteiger partial charge in [-0.05, 0) is 30.2 Å². The van der Waals surface area contributed by atoms with E-state index in [1.54, 1.807) is 16.4 Å². The first-order valence-electron chi connectivity index (χ1n) is 6.10. The van der Waals surface area contributed by atoms with E-state index < -0.39 is 10.0 Å². The smallest absolute Gasteiger partial charge is 0.206 e. The Kier molecular flexibility index (Phi) is 3.13. The first kappa shape index (κ1) is 12.1. The lowest BCUT2D eigenvalue weighted by atomic mass is 9.88. The quantitative estimate of drug-likeness (QED) is 0.835. The number of allylic oxidation sites excluding steroid dienone is 2. The SMILES string of the molecule is O=S(=O)(c1cccs1)N1CCC[C@H]2C=CC=C[C@@H]21. The highest BCUT2D eigenvalue weighted by atomic mass is 32.2. The highest BCUT2D eigenvalue weighted by Crippen LogP contribution is 2.33. The molecule has 1 aromatic rings. The highest BCUT2D eigenvalue weighted by Gasteiger charge is 2.37. The van der Waals surface area contributed by atoms with E-state index in [0.717, 1.165) is 12.8 Å². The molecule has 2 atom stereocenters. The third kappa shape index (κ3) is 1.96. The number of nitrogens with zero attached hydrogens (tertiary/aromatic N) is 1. The summed E-state index contributed by atoms with van der Waals surface area (Å²) in [5, 5.41) is 1.81. The first-order valence-corrected chi connectivity index (χ1v) is 8.42. The zero-order valence-corrected chi connectivity index (χ0v) is 11.5. The van der Waals surface area contributed by atoms with Crippen LogP contribution in [0.15, 0.2) is 46.0 Å². The van der Waals surface area contributed by atoms with Crippen molar-refractivity contribution in [2.24, 2.45) is 5.92 Å². The fourth-order valence-corrected chi connectivity index (χ4v) is 5.44. The maximum absolute atomic E-state index is 12.6. The Morgan fingerprint density at radius 3 is 2.89 bits per heavy atom. The second kappa shape index (κ2) is 4.64. The van der Waals surface area contributed by atoms with Crippen LogP contribution in [-0.4, -0.2) is 25.3 Å². The molecule has 0 saturated carbocycles. The van der Waals surface area contributed by atoms with Crippen LogP contribution in [0.25, 0.3) is 0 Å². The molecule has 0 unspecified atom stereocenters. The van der Waals surface area contributed by atoms with Crippen LogP contribution in [0.1, 0.15) is 12.8 Å². The van der Waals surface area contributed by atoms with Gasteiger partial charge in [0.25, 0.3) is 10.0 Å². The molecule has 3 rings (SSSR count). The lowest BCUT2D eigenvalue weighted by molar-refractivity contribution is 0.242. The first-order chi connectivity index (χ1) is 8.69. The van der Waals surface area contributed by atoms with Gasteiger partial charge in [-0.2, -0.15) is 4.31 Å². The standard InChI is InChI=1S/C13H15NO2S2/c15-18(16,13-8-4-10-17-13)14-9-3-6-11-5-1-2-7-12(11)14/h1-2,4-5,7-8,10-12H,3,6,9H2/t11-,12+/m1/s1. The van der Waals surface area contributed by atoms with Crippen molar-refractivity contribution in [3.05, 3.63) is 41.8 Å². The van der Waals surface area contributed by atoms with Crippen LogP contribution in [0.5, 0.6) is 0 Å². The van der Waals surface area contributed by atoms with Crippen molar-refractivity contribution in [3.8, 4) is 0 Å². The molecule has 18 heavy (non-hydrogen) atoms. The van der Waals surface area contributed by atoms with Gasteiger partial charge in [-0.1, -0.05) is 30.4 Å². The van der Waals surface area contributed by atoms with E-state index >= 15 is 0 Å². The fourth-order valence-electron chi connectivity index (χ4n) is 2.66. The zero-order valence-electron chi connectivity index (χ0n) is 9.90. The molecule has 0 bridgehead atoms. The molecule has 2 heterocycles. The summed E-state index contributed by atoms with van der Waals surface area (Å²) in [6, 6.07) is 3.47. The van der Waals surface area contributed by atoms with E-state index in [0.29, 0.717) is 16.7 Å². The molecule has 0 spiro atoms. The lowest BCUT2D eigenvalue weighted by Gasteiger charge is -2.38. The van der Waals surface area contributed by atoms with E-state index in [4.69, 9.17) is 0 Å². The van der Waals surface area contributed by atoms with Crippen molar-refractivity contribution in [1.29, 1.82) is 0 Å². The van der Waals surface area contributed by atoms with Gasteiger partial charge in [0, 0.05) is 12.6 Å². The van der Waals surface area contributed by atoms with Gasteiger partial charge in [0.2, 0.25) is 0 Å². The molecule has 3 nitrogen and oxygen atoms in total. The second-order valence-electron chi connectivity index (χ2n) is 4.61. The fraction of sp³-hybridized carbons (Fsp3) is 0.385. The van der Waals surface area contributed by atoms with E-state index in [9.17, 15) is 8.42 Å². The molecule has 2 aliphatic rings. The van der Waals surface area contributed by atoms with Crippen LogP contribution in [0.2, 0.25) is 0 Å². The van der Waals surface area contributed by atoms with Crippen molar-refractivity contribution in [2.45, 2.75) is 23.1 Å². The molecule has 5 heteroatoms. The van der Waals surface area contributed by atoms with E-state index in [-0.39, 0.29) is 6.04 Å². The molecule has 0 radical (unpaired) electrons. The molecular formula is C13H15NO2S2. The summed E-state index contributed by atoms with van der Waals surface area (Å²) in [6.45, 7) is 0.625. The predicted octanol–water partition coefficient (Wildman–Crippen LogP) is 2.64. The van der Waals surface area contributed by atoms with Gasteiger partial charge >= 0.3 is 0 Å². The molecule has 1 aliphatic carbocycles. The number of thiophene rings is 1. The van der Waals surface area contributed by atoms with Gasteiger partial charge in [-0.3, -0.25) is 0 Å². The summed E-state index contributed by atoms with van der Waals surface area (Å²) in [5.74, 6) is 0.332. The Bertz CT molecular complexity index is 572. The molecule has 0 N–H and O–H groups in total. The molecule has 1 saturated heterocycles. The van der Waals surface area contributed by atoms with Gasteiger partial charge in [0.05, 0.1) is 0 Å². The van der Waals surface area contributed by atoms with Crippen LogP contribution in [0.3, 0.4) is 0 Å². The van der Waals surface area contributed by atoms with E-state index in [2.05, 4.69) is 6.08 Å². The Labute approximate surface area is 111 Å². The van der Waals surface area contributed by atoms with Gasteiger partial charge in [0.1, 0.15) is 4.21 Å². The summed E-state index contributed by atoms with van der Waals surface area (Å²) in [6.07, 6.45) is 10.1. The minimum absolute atomic E-state index is 0.00384. The molecule has 96 valence electrons. The molecule has 1 aromatic heterocycles. The van der Waals surface area contributed by atoms with Crippen LogP contribution >= 0.6 is 11.3 Å². The normalized spacial score (nSPS) is 28.2. The van der Waals surface area contributed by atoms with Crippen molar-refractivity contribution in [3.63, 3.8) is 0 Å². The minimum Gasteiger partial charge on any atom is -0.206 e. The largest absolute Gasteiger partial charge is 0.253 e. The van der Waals surface area contributed by atoms with Crippen LogP contribution in [-0.2, 0) is 10.0 Å². The van der Waals surface area contributed by atoms with Gasteiger partial charge in [-0.15, -0.1) is 11.3 Å². The lowest BCUT2D eigenvalue weighted by Crippen LogP contribution is -2.47. The molecule has 1 fully saturated rings. The Hall–Kier alpha value is -0.910.